The Balaban J connectivity index is 1.50. The van der Waals surface area contributed by atoms with Crippen molar-refractivity contribution in [2.24, 2.45) is 5.92 Å². The minimum atomic E-state index is -0.269. The summed E-state index contributed by atoms with van der Waals surface area (Å²) in [6, 6.07) is 10.4. The van der Waals surface area contributed by atoms with E-state index in [4.69, 9.17) is 0 Å². The van der Waals surface area contributed by atoms with E-state index >= 15 is 0 Å². The fourth-order valence-corrected chi connectivity index (χ4v) is 4.82. The van der Waals surface area contributed by atoms with Crippen LogP contribution >= 0.6 is 11.3 Å². The summed E-state index contributed by atoms with van der Waals surface area (Å²) in [5.41, 5.74) is 2.61. The van der Waals surface area contributed by atoms with Gasteiger partial charge in [-0.25, -0.2) is 4.39 Å². The van der Waals surface area contributed by atoms with E-state index in [0.717, 1.165) is 22.2 Å². The number of carbonyl (C=O) groups excluding carboxylic acids is 2. The molecule has 4 rings (SSSR count). The molecule has 1 N–H and O–H groups in total. The summed E-state index contributed by atoms with van der Waals surface area (Å²) in [6.45, 7) is 4.41. The predicted octanol–water partition coefficient (Wildman–Crippen LogP) is 4.27. The normalized spacial score (nSPS) is 14.9. The number of benzene rings is 1. The molecule has 3 aromatic rings. The van der Waals surface area contributed by atoms with Crippen LogP contribution in [0.2, 0.25) is 0 Å². The number of nitrogens with zero attached hydrogens (tertiary/aromatic N) is 2. The average Bonchev–Trinajstić information content (AvgIpc) is 3.36. The third kappa shape index (κ3) is 4.26. The molecule has 158 valence electrons. The Morgan fingerprint density at radius 1 is 1.17 bits per heavy atom. The van der Waals surface area contributed by atoms with Gasteiger partial charge in [-0.3, -0.25) is 9.59 Å². The summed E-state index contributed by atoms with van der Waals surface area (Å²) in [6.07, 6.45) is 2.30. The highest BCUT2D eigenvalue weighted by atomic mass is 32.1. The van der Waals surface area contributed by atoms with Crippen molar-refractivity contribution in [3.63, 3.8) is 0 Å². The molecule has 0 spiro atoms. The Labute approximate surface area is 179 Å². The molecule has 3 heterocycles. The molecule has 0 radical (unpaired) electrons. The molecule has 0 aliphatic carbocycles. The number of nitrogens with one attached hydrogen (secondary N) is 1. The SMILES string of the molecule is CCCNC(=O)C1CCN(C(=O)c2cc3sccc3n2Cc2ccc(F)cc2)CC1. The number of amides is 2. The van der Waals surface area contributed by atoms with Gasteiger partial charge in [0.15, 0.2) is 0 Å². The lowest BCUT2D eigenvalue weighted by Gasteiger charge is -2.31. The van der Waals surface area contributed by atoms with Gasteiger partial charge >= 0.3 is 0 Å². The van der Waals surface area contributed by atoms with Gasteiger partial charge in [-0.05, 0) is 54.5 Å². The molecule has 0 unspecified atom stereocenters. The van der Waals surface area contributed by atoms with E-state index in [2.05, 4.69) is 5.32 Å². The first-order valence-corrected chi connectivity index (χ1v) is 11.3. The molecule has 1 fully saturated rings. The minimum Gasteiger partial charge on any atom is -0.356 e. The second kappa shape index (κ2) is 9.00. The Hall–Kier alpha value is -2.67. The van der Waals surface area contributed by atoms with Gasteiger partial charge in [0.1, 0.15) is 11.5 Å². The lowest BCUT2D eigenvalue weighted by atomic mass is 9.95. The van der Waals surface area contributed by atoms with E-state index in [1.165, 1.54) is 12.1 Å². The first kappa shape index (κ1) is 20.6. The molecule has 30 heavy (non-hydrogen) atoms. The fourth-order valence-electron chi connectivity index (χ4n) is 4.00. The van der Waals surface area contributed by atoms with Crippen LogP contribution in [0.3, 0.4) is 0 Å². The third-order valence-corrected chi connectivity index (χ3v) is 6.55. The fraction of sp³-hybridized carbons (Fsp3) is 0.391. The molecule has 2 aromatic heterocycles. The number of aromatic nitrogens is 1. The van der Waals surface area contributed by atoms with Crippen LogP contribution in [-0.4, -0.2) is 40.9 Å². The van der Waals surface area contributed by atoms with Crippen LogP contribution in [-0.2, 0) is 11.3 Å². The zero-order valence-electron chi connectivity index (χ0n) is 17.1. The topological polar surface area (TPSA) is 54.3 Å². The van der Waals surface area contributed by atoms with Gasteiger partial charge < -0.3 is 14.8 Å². The van der Waals surface area contributed by atoms with E-state index in [1.807, 2.05) is 33.9 Å². The summed E-state index contributed by atoms with van der Waals surface area (Å²) < 4.78 is 16.4. The number of thiophene rings is 1. The van der Waals surface area contributed by atoms with Gasteiger partial charge in [0.05, 0.1) is 10.2 Å². The van der Waals surface area contributed by atoms with Gasteiger partial charge in [0, 0.05) is 32.1 Å². The molecule has 0 bridgehead atoms. The lowest BCUT2D eigenvalue weighted by molar-refractivity contribution is -0.126. The van der Waals surface area contributed by atoms with Crippen LogP contribution in [0.15, 0.2) is 41.8 Å². The van der Waals surface area contributed by atoms with Crippen molar-refractivity contribution >= 4 is 33.4 Å². The van der Waals surface area contributed by atoms with Gasteiger partial charge in [-0.2, -0.15) is 0 Å². The lowest BCUT2D eigenvalue weighted by Crippen LogP contribution is -2.43. The summed E-state index contributed by atoms with van der Waals surface area (Å²) in [7, 11) is 0. The molecule has 2 amide bonds. The number of piperidine rings is 1. The van der Waals surface area contributed by atoms with Gasteiger partial charge in [0.2, 0.25) is 5.91 Å². The van der Waals surface area contributed by atoms with Crippen molar-refractivity contribution in [3.05, 3.63) is 58.9 Å². The number of halogens is 1. The zero-order chi connectivity index (χ0) is 21.1. The van der Waals surface area contributed by atoms with Crippen molar-refractivity contribution < 1.29 is 14.0 Å². The van der Waals surface area contributed by atoms with Gasteiger partial charge in [-0.1, -0.05) is 19.1 Å². The smallest absolute Gasteiger partial charge is 0.270 e. The highest BCUT2D eigenvalue weighted by Crippen LogP contribution is 2.28. The number of carbonyl (C=O) groups is 2. The Bertz CT molecular complexity index is 1030. The second-order valence-corrected chi connectivity index (χ2v) is 8.72. The molecule has 0 atom stereocenters. The molecule has 7 heteroatoms. The molecular weight excluding hydrogens is 401 g/mol. The van der Waals surface area contributed by atoms with Gasteiger partial charge in [-0.15, -0.1) is 11.3 Å². The van der Waals surface area contributed by atoms with E-state index < -0.39 is 0 Å². The quantitative estimate of drug-likeness (QED) is 0.639. The highest BCUT2D eigenvalue weighted by molar-refractivity contribution is 7.17. The molecular formula is C23H26FN3O2S. The Morgan fingerprint density at radius 3 is 2.60 bits per heavy atom. The predicted molar refractivity (Wildman–Crippen MR) is 117 cm³/mol. The van der Waals surface area contributed by atoms with Crippen molar-refractivity contribution in [2.75, 3.05) is 19.6 Å². The van der Waals surface area contributed by atoms with Crippen LogP contribution in [0.1, 0.15) is 42.2 Å². The molecule has 1 saturated heterocycles. The maximum Gasteiger partial charge on any atom is 0.270 e. The molecule has 1 aromatic carbocycles. The molecule has 5 nitrogen and oxygen atoms in total. The number of hydrogen-bond acceptors (Lipinski definition) is 3. The number of likely N-dealkylation sites (tertiary alicyclic amines) is 1. The maximum absolute atomic E-state index is 13.3. The van der Waals surface area contributed by atoms with Crippen LogP contribution in [0.25, 0.3) is 10.2 Å². The first-order chi connectivity index (χ1) is 14.6. The first-order valence-electron chi connectivity index (χ1n) is 10.4. The van der Waals surface area contributed by atoms with Crippen LogP contribution in [0.5, 0.6) is 0 Å². The van der Waals surface area contributed by atoms with E-state index in [9.17, 15) is 14.0 Å². The zero-order valence-corrected chi connectivity index (χ0v) is 17.9. The van der Waals surface area contributed by atoms with E-state index in [-0.39, 0.29) is 23.5 Å². The molecule has 1 aliphatic rings. The monoisotopic (exact) mass is 427 g/mol. The maximum atomic E-state index is 13.3. The van der Waals surface area contributed by atoms with Crippen molar-refractivity contribution in [1.82, 2.24) is 14.8 Å². The van der Waals surface area contributed by atoms with Crippen molar-refractivity contribution in [2.45, 2.75) is 32.7 Å². The summed E-state index contributed by atoms with van der Waals surface area (Å²) in [5, 5.41) is 4.97. The summed E-state index contributed by atoms with van der Waals surface area (Å²) >= 11 is 1.61. The van der Waals surface area contributed by atoms with Gasteiger partial charge in [0.25, 0.3) is 5.91 Å². The second-order valence-electron chi connectivity index (χ2n) is 7.77. The van der Waals surface area contributed by atoms with Crippen LogP contribution in [0, 0.1) is 11.7 Å². The average molecular weight is 428 g/mol. The summed E-state index contributed by atoms with van der Waals surface area (Å²) in [5.74, 6) is -0.193. The van der Waals surface area contributed by atoms with Crippen molar-refractivity contribution in [3.8, 4) is 0 Å². The third-order valence-electron chi connectivity index (χ3n) is 5.70. The minimum absolute atomic E-state index is 0.00655. The Kier molecular flexibility index (Phi) is 6.18. The number of rotatable bonds is 6. The van der Waals surface area contributed by atoms with Crippen LogP contribution < -0.4 is 5.32 Å². The standard InChI is InChI=1S/C23H26FN3O2S/c1-2-10-25-22(28)17-7-11-26(12-8-17)23(29)20-14-21-19(9-13-30-21)27(20)15-16-3-5-18(24)6-4-16/h3-6,9,13-14,17H,2,7-8,10-12,15H2,1H3,(H,25,28). The molecule has 0 saturated carbocycles. The van der Waals surface area contributed by atoms with E-state index in [0.29, 0.717) is 44.7 Å². The molecule has 1 aliphatic heterocycles. The highest BCUT2D eigenvalue weighted by Gasteiger charge is 2.29. The van der Waals surface area contributed by atoms with E-state index in [1.54, 1.807) is 23.5 Å². The number of fused-ring (bicyclic) bond motifs is 1. The Morgan fingerprint density at radius 2 is 1.90 bits per heavy atom. The van der Waals surface area contributed by atoms with Crippen LogP contribution in [0.4, 0.5) is 4.39 Å². The van der Waals surface area contributed by atoms with Crippen molar-refractivity contribution in [1.29, 1.82) is 0 Å². The summed E-state index contributed by atoms with van der Waals surface area (Å²) in [4.78, 5) is 27.4. The largest absolute Gasteiger partial charge is 0.356 e. The number of hydrogen-bond donors (Lipinski definition) is 1.